The smallest absolute Gasteiger partial charge is 0.268 e. The molecule has 0 radical (unpaired) electrons. The van der Waals surface area contributed by atoms with Gasteiger partial charge in [0, 0.05) is 41.6 Å². The minimum atomic E-state index is -3.73. The first-order valence-corrected chi connectivity index (χ1v) is 11.3. The van der Waals surface area contributed by atoms with Crippen molar-refractivity contribution in [3.8, 4) is 0 Å². The summed E-state index contributed by atoms with van der Waals surface area (Å²) in [6, 6.07) is 24.6. The van der Waals surface area contributed by atoms with Crippen LogP contribution in [0.15, 0.2) is 90.0 Å². The maximum Gasteiger partial charge on any atom is 0.268 e. The number of hydrogen-bond acceptors (Lipinski definition) is 2. The van der Waals surface area contributed by atoms with E-state index in [0.717, 1.165) is 33.1 Å². The SMILES string of the molecule is Cc1c(Cc2cn(C)c3ccccc23)n(S(=O)(=O)c2ccccc2)c2ccccc12. The Morgan fingerprint density at radius 2 is 1.37 bits per heavy atom. The Morgan fingerprint density at radius 3 is 2.10 bits per heavy atom. The van der Waals surface area contributed by atoms with Gasteiger partial charge in [0.15, 0.2) is 0 Å². The number of fused-ring (bicyclic) bond motifs is 2. The van der Waals surface area contributed by atoms with E-state index in [9.17, 15) is 8.42 Å². The lowest BCUT2D eigenvalue weighted by Gasteiger charge is -2.13. The lowest BCUT2D eigenvalue weighted by molar-refractivity contribution is 0.587. The maximum atomic E-state index is 13.7. The van der Waals surface area contributed by atoms with Crippen molar-refractivity contribution in [2.24, 2.45) is 7.05 Å². The van der Waals surface area contributed by atoms with Crippen molar-refractivity contribution in [1.82, 2.24) is 8.54 Å². The lowest BCUT2D eigenvalue weighted by atomic mass is 10.1. The van der Waals surface area contributed by atoms with Crippen molar-refractivity contribution in [1.29, 1.82) is 0 Å². The Kier molecular flexibility index (Phi) is 4.29. The molecule has 5 heteroatoms. The molecule has 0 N–H and O–H groups in total. The van der Waals surface area contributed by atoms with Crippen molar-refractivity contribution in [3.05, 3.63) is 102 Å². The van der Waals surface area contributed by atoms with Crippen LogP contribution in [0.5, 0.6) is 0 Å². The molecule has 0 bridgehead atoms. The predicted molar refractivity (Wildman–Crippen MR) is 121 cm³/mol. The van der Waals surface area contributed by atoms with Crippen LogP contribution in [-0.4, -0.2) is 17.0 Å². The van der Waals surface area contributed by atoms with Crippen molar-refractivity contribution in [3.63, 3.8) is 0 Å². The molecule has 0 spiro atoms. The second kappa shape index (κ2) is 6.89. The number of rotatable bonds is 4. The number of benzene rings is 3. The van der Waals surface area contributed by atoms with Crippen LogP contribution < -0.4 is 0 Å². The molecule has 0 saturated heterocycles. The zero-order valence-electron chi connectivity index (χ0n) is 16.9. The molecule has 5 rings (SSSR count). The van der Waals surface area contributed by atoms with Gasteiger partial charge in [0.1, 0.15) is 0 Å². The van der Waals surface area contributed by atoms with Gasteiger partial charge >= 0.3 is 0 Å². The lowest BCUT2D eigenvalue weighted by Crippen LogP contribution is -2.16. The van der Waals surface area contributed by atoms with E-state index >= 15 is 0 Å². The van der Waals surface area contributed by atoms with Crippen LogP contribution >= 0.6 is 0 Å². The van der Waals surface area contributed by atoms with Gasteiger partial charge in [-0.15, -0.1) is 0 Å². The fourth-order valence-electron chi connectivity index (χ4n) is 4.34. The molecule has 0 saturated carbocycles. The Morgan fingerprint density at radius 1 is 0.767 bits per heavy atom. The first-order valence-electron chi connectivity index (χ1n) is 9.91. The molecule has 0 unspecified atom stereocenters. The summed E-state index contributed by atoms with van der Waals surface area (Å²) in [6.45, 7) is 2.01. The molecule has 0 aliphatic carbocycles. The summed E-state index contributed by atoms with van der Waals surface area (Å²) in [7, 11) is -1.71. The quantitative estimate of drug-likeness (QED) is 0.402. The van der Waals surface area contributed by atoms with Gasteiger partial charge in [-0.05, 0) is 42.3 Å². The number of hydrogen-bond donors (Lipinski definition) is 0. The maximum absolute atomic E-state index is 13.7. The molecule has 150 valence electrons. The fraction of sp³-hybridized carbons (Fsp3) is 0.120. The molecule has 5 aromatic rings. The normalized spacial score (nSPS) is 12.1. The van der Waals surface area contributed by atoms with Crippen molar-refractivity contribution < 1.29 is 8.42 Å². The molecular weight excluding hydrogens is 392 g/mol. The third kappa shape index (κ3) is 2.77. The highest BCUT2D eigenvalue weighted by atomic mass is 32.2. The number of nitrogens with zero attached hydrogens (tertiary/aromatic N) is 2. The molecule has 0 aliphatic heterocycles. The Bertz CT molecular complexity index is 1490. The highest BCUT2D eigenvalue weighted by Gasteiger charge is 2.26. The molecule has 4 nitrogen and oxygen atoms in total. The number of aryl methyl sites for hydroxylation is 2. The van der Waals surface area contributed by atoms with Gasteiger partial charge in [-0.25, -0.2) is 12.4 Å². The Balaban J connectivity index is 1.79. The van der Waals surface area contributed by atoms with E-state index in [1.165, 1.54) is 3.97 Å². The Labute approximate surface area is 176 Å². The van der Waals surface area contributed by atoms with Crippen LogP contribution in [0, 0.1) is 6.92 Å². The van der Waals surface area contributed by atoms with Crippen molar-refractivity contribution >= 4 is 31.8 Å². The fourth-order valence-corrected chi connectivity index (χ4v) is 5.97. The average molecular weight is 415 g/mol. The van der Waals surface area contributed by atoms with E-state index in [1.807, 2.05) is 56.4 Å². The zero-order valence-corrected chi connectivity index (χ0v) is 17.7. The first kappa shape index (κ1) is 18.7. The van der Waals surface area contributed by atoms with E-state index < -0.39 is 10.0 Å². The zero-order chi connectivity index (χ0) is 20.9. The van der Waals surface area contributed by atoms with Crippen LogP contribution in [-0.2, 0) is 23.5 Å². The van der Waals surface area contributed by atoms with Gasteiger partial charge < -0.3 is 4.57 Å². The standard InChI is InChI=1S/C25H22N2O2S/c1-18-21-12-6-9-15-24(21)27(30(28,29)20-10-4-3-5-11-20)25(18)16-19-17-26(2)23-14-8-7-13-22(19)23/h3-15,17H,16H2,1-2H3. The highest BCUT2D eigenvalue weighted by Crippen LogP contribution is 2.33. The minimum absolute atomic E-state index is 0.296. The molecule has 0 fully saturated rings. The van der Waals surface area contributed by atoms with Gasteiger partial charge in [0.25, 0.3) is 10.0 Å². The predicted octanol–water partition coefficient (Wildman–Crippen LogP) is 5.27. The molecule has 0 amide bonds. The summed E-state index contributed by atoms with van der Waals surface area (Å²) in [6.07, 6.45) is 2.63. The molecule has 0 aliphatic rings. The van der Waals surface area contributed by atoms with E-state index in [4.69, 9.17) is 0 Å². The van der Waals surface area contributed by atoms with Gasteiger partial charge in [-0.2, -0.15) is 0 Å². The molecule has 2 heterocycles. The third-order valence-corrected chi connectivity index (χ3v) is 7.59. The van der Waals surface area contributed by atoms with Crippen LogP contribution in [0.25, 0.3) is 21.8 Å². The first-order chi connectivity index (χ1) is 14.5. The van der Waals surface area contributed by atoms with Gasteiger partial charge in [-0.1, -0.05) is 54.6 Å². The van der Waals surface area contributed by atoms with Crippen LogP contribution in [0.3, 0.4) is 0 Å². The highest BCUT2D eigenvalue weighted by molar-refractivity contribution is 7.90. The summed E-state index contributed by atoms with van der Waals surface area (Å²) in [5, 5.41) is 2.11. The topological polar surface area (TPSA) is 44.0 Å². The summed E-state index contributed by atoms with van der Waals surface area (Å²) in [5.41, 5.74) is 4.77. The second-order valence-electron chi connectivity index (χ2n) is 7.63. The number of aromatic nitrogens is 2. The van der Waals surface area contributed by atoms with Gasteiger partial charge in [0.05, 0.1) is 10.4 Å². The monoisotopic (exact) mass is 414 g/mol. The van der Waals surface area contributed by atoms with E-state index in [2.05, 4.69) is 22.9 Å². The van der Waals surface area contributed by atoms with Crippen molar-refractivity contribution in [2.75, 3.05) is 0 Å². The van der Waals surface area contributed by atoms with E-state index in [0.29, 0.717) is 16.8 Å². The van der Waals surface area contributed by atoms with E-state index in [1.54, 1.807) is 24.3 Å². The second-order valence-corrected chi connectivity index (χ2v) is 9.42. The van der Waals surface area contributed by atoms with Gasteiger partial charge in [0.2, 0.25) is 0 Å². The molecule has 3 aromatic carbocycles. The van der Waals surface area contributed by atoms with Gasteiger partial charge in [-0.3, -0.25) is 0 Å². The molecule has 30 heavy (non-hydrogen) atoms. The average Bonchev–Trinajstić information content (AvgIpc) is 3.24. The summed E-state index contributed by atoms with van der Waals surface area (Å²) in [4.78, 5) is 0.296. The van der Waals surface area contributed by atoms with Crippen LogP contribution in [0.4, 0.5) is 0 Å². The summed E-state index contributed by atoms with van der Waals surface area (Å²) in [5.74, 6) is 0. The Hall–Kier alpha value is -3.31. The van der Waals surface area contributed by atoms with Crippen LogP contribution in [0.2, 0.25) is 0 Å². The van der Waals surface area contributed by atoms with E-state index in [-0.39, 0.29) is 0 Å². The summed E-state index contributed by atoms with van der Waals surface area (Å²) < 4.78 is 31.0. The largest absolute Gasteiger partial charge is 0.350 e. The van der Waals surface area contributed by atoms with Crippen LogP contribution in [0.1, 0.15) is 16.8 Å². The number of para-hydroxylation sites is 2. The third-order valence-electron chi connectivity index (χ3n) is 5.82. The molecule has 0 atom stereocenters. The molecular formula is C25H22N2O2S. The molecule has 2 aromatic heterocycles. The summed E-state index contributed by atoms with van der Waals surface area (Å²) >= 11 is 0. The van der Waals surface area contributed by atoms with Crippen molar-refractivity contribution in [2.45, 2.75) is 18.2 Å². The minimum Gasteiger partial charge on any atom is -0.350 e.